The van der Waals surface area contributed by atoms with Crippen LogP contribution in [0.25, 0.3) is 0 Å². The summed E-state index contributed by atoms with van der Waals surface area (Å²) in [6, 6.07) is 6.23. The van der Waals surface area contributed by atoms with Crippen molar-refractivity contribution < 1.29 is 5.11 Å². The van der Waals surface area contributed by atoms with Crippen molar-refractivity contribution in [3.63, 3.8) is 0 Å². The molecule has 18 heavy (non-hydrogen) atoms. The summed E-state index contributed by atoms with van der Waals surface area (Å²) in [5.74, 6) is 1.29. The maximum atomic E-state index is 10.0. The monoisotopic (exact) mass is 247 g/mol. The maximum Gasteiger partial charge on any atom is 0.120 e. The molecule has 1 aromatic rings. The number of phenols is 1. The van der Waals surface area contributed by atoms with E-state index in [0.717, 1.165) is 11.5 Å². The van der Waals surface area contributed by atoms with Crippen LogP contribution in [0.5, 0.6) is 5.75 Å². The van der Waals surface area contributed by atoms with Gasteiger partial charge >= 0.3 is 0 Å². The Morgan fingerprint density at radius 3 is 2.94 bits per heavy atom. The third-order valence-corrected chi connectivity index (χ3v) is 4.20. The first kappa shape index (κ1) is 13.4. The molecule has 0 spiro atoms. The van der Waals surface area contributed by atoms with E-state index in [0.29, 0.717) is 11.8 Å². The summed E-state index contributed by atoms with van der Waals surface area (Å²) >= 11 is 0. The molecule has 2 heteroatoms. The summed E-state index contributed by atoms with van der Waals surface area (Å²) in [6.07, 6.45) is 3.93. The first-order chi connectivity index (χ1) is 8.61. The Morgan fingerprint density at radius 1 is 1.44 bits per heavy atom. The zero-order chi connectivity index (χ0) is 13.1. The van der Waals surface area contributed by atoms with E-state index in [1.165, 1.54) is 37.9 Å². The van der Waals surface area contributed by atoms with Gasteiger partial charge in [-0.05, 0) is 45.2 Å². The molecule has 2 nitrogen and oxygen atoms in total. The highest BCUT2D eigenvalue weighted by Gasteiger charge is 2.27. The smallest absolute Gasteiger partial charge is 0.120 e. The fraction of sp³-hybridized carbons (Fsp3) is 0.625. The number of aryl methyl sites for hydroxylation is 1. The van der Waals surface area contributed by atoms with Gasteiger partial charge in [0, 0.05) is 18.2 Å². The number of hydrogen-bond donors (Lipinski definition) is 1. The average Bonchev–Trinajstić information content (AvgIpc) is 2.80. The number of rotatable bonds is 4. The van der Waals surface area contributed by atoms with Crippen molar-refractivity contribution in [1.82, 2.24) is 4.90 Å². The number of likely N-dealkylation sites (tertiary alicyclic amines) is 1. The first-order valence-corrected chi connectivity index (χ1v) is 7.15. The molecule has 1 N–H and O–H groups in total. The van der Waals surface area contributed by atoms with Gasteiger partial charge in [0.25, 0.3) is 0 Å². The van der Waals surface area contributed by atoms with Gasteiger partial charge in [0.05, 0.1) is 0 Å². The maximum absolute atomic E-state index is 10.0. The minimum Gasteiger partial charge on any atom is -0.508 e. The van der Waals surface area contributed by atoms with Gasteiger partial charge in [-0.25, -0.2) is 0 Å². The van der Waals surface area contributed by atoms with Crippen molar-refractivity contribution in [2.75, 3.05) is 13.1 Å². The van der Waals surface area contributed by atoms with Crippen LogP contribution in [0.15, 0.2) is 18.2 Å². The third-order valence-electron chi connectivity index (χ3n) is 4.20. The minimum absolute atomic E-state index is 0.326. The lowest BCUT2D eigenvalue weighted by Gasteiger charge is -2.25. The van der Waals surface area contributed by atoms with E-state index in [1.54, 1.807) is 0 Å². The van der Waals surface area contributed by atoms with Crippen LogP contribution in [0.3, 0.4) is 0 Å². The van der Waals surface area contributed by atoms with Crippen LogP contribution in [0.2, 0.25) is 0 Å². The number of nitrogens with zero attached hydrogens (tertiary/aromatic N) is 1. The molecule has 1 aliphatic heterocycles. The van der Waals surface area contributed by atoms with Gasteiger partial charge in [-0.3, -0.25) is 4.90 Å². The number of aromatic hydroxyl groups is 1. The highest BCUT2D eigenvalue weighted by atomic mass is 16.3. The Labute approximate surface area is 111 Å². The normalized spacial score (nSPS) is 22.3. The van der Waals surface area contributed by atoms with Gasteiger partial charge < -0.3 is 5.11 Å². The van der Waals surface area contributed by atoms with Gasteiger partial charge in [-0.2, -0.15) is 0 Å². The lowest BCUT2D eigenvalue weighted by molar-refractivity contribution is 0.246. The summed E-state index contributed by atoms with van der Waals surface area (Å²) in [5.41, 5.74) is 2.30. The van der Waals surface area contributed by atoms with Crippen molar-refractivity contribution in [2.45, 2.75) is 46.1 Å². The molecule has 0 radical (unpaired) electrons. The van der Waals surface area contributed by atoms with Crippen molar-refractivity contribution in [3.8, 4) is 5.75 Å². The summed E-state index contributed by atoms with van der Waals surface area (Å²) in [7, 11) is 0. The fourth-order valence-electron chi connectivity index (χ4n) is 3.06. The quantitative estimate of drug-likeness (QED) is 0.872. The average molecular weight is 247 g/mol. The Morgan fingerprint density at radius 2 is 2.22 bits per heavy atom. The summed E-state index contributed by atoms with van der Waals surface area (Å²) in [4.78, 5) is 2.51. The molecule has 1 saturated heterocycles. The summed E-state index contributed by atoms with van der Waals surface area (Å²) in [5, 5.41) is 10.0. The van der Waals surface area contributed by atoms with E-state index in [2.05, 4.69) is 31.7 Å². The van der Waals surface area contributed by atoms with E-state index < -0.39 is 0 Å². The molecular formula is C16H25NO. The van der Waals surface area contributed by atoms with Gasteiger partial charge in [-0.1, -0.05) is 31.0 Å². The van der Waals surface area contributed by atoms with Crippen LogP contribution in [-0.2, 0) is 0 Å². The lowest BCUT2D eigenvalue weighted by atomic mass is 10.0. The van der Waals surface area contributed by atoms with Crippen molar-refractivity contribution in [3.05, 3.63) is 29.3 Å². The fourth-order valence-corrected chi connectivity index (χ4v) is 3.06. The zero-order valence-corrected chi connectivity index (χ0v) is 11.8. The zero-order valence-electron chi connectivity index (χ0n) is 11.8. The molecule has 2 unspecified atom stereocenters. The Balaban J connectivity index is 2.07. The van der Waals surface area contributed by atoms with Gasteiger partial charge in [-0.15, -0.1) is 0 Å². The Hall–Kier alpha value is -1.02. The van der Waals surface area contributed by atoms with E-state index in [1.807, 2.05) is 12.1 Å². The topological polar surface area (TPSA) is 23.5 Å². The third kappa shape index (κ3) is 2.86. The van der Waals surface area contributed by atoms with E-state index >= 15 is 0 Å². The van der Waals surface area contributed by atoms with Crippen LogP contribution < -0.4 is 0 Å². The largest absolute Gasteiger partial charge is 0.508 e. The second-order valence-corrected chi connectivity index (χ2v) is 5.68. The van der Waals surface area contributed by atoms with Crippen LogP contribution in [0.1, 0.15) is 50.3 Å². The van der Waals surface area contributed by atoms with E-state index in [4.69, 9.17) is 0 Å². The van der Waals surface area contributed by atoms with Crippen LogP contribution in [0, 0.1) is 12.8 Å². The van der Waals surface area contributed by atoms with Crippen molar-refractivity contribution in [2.24, 2.45) is 5.92 Å². The molecule has 0 saturated carbocycles. The van der Waals surface area contributed by atoms with E-state index in [9.17, 15) is 5.11 Å². The van der Waals surface area contributed by atoms with Gasteiger partial charge in [0.2, 0.25) is 0 Å². The standard InChI is InChI=1S/C16H25NO/c1-4-5-14-8-9-17(11-14)13(3)15-10-12(2)6-7-16(15)18/h6-7,10,13-14,18H,4-5,8-9,11H2,1-3H3. The summed E-state index contributed by atoms with van der Waals surface area (Å²) in [6.45, 7) is 8.91. The van der Waals surface area contributed by atoms with Crippen molar-refractivity contribution >= 4 is 0 Å². The molecule has 100 valence electrons. The van der Waals surface area contributed by atoms with Crippen molar-refractivity contribution in [1.29, 1.82) is 0 Å². The number of phenolic OH excluding ortho intramolecular Hbond substituents is 1. The second-order valence-electron chi connectivity index (χ2n) is 5.68. The highest BCUT2D eigenvalue weighted by Crippen LogP contribution is 2.33. The predicted octanol–water partition coefficient (Wildman–Crippen LogP) is 3.88. The highest BCUT2D eigenvalue weighted by molar-refractivity contribution is 5.37. The van der Waals surface area contributed by atoms with Crippen LogP contribution in [-0.4, -0.2) is 23.1 Å². The lowest BCUT2D eigenvalue weighted by Crippen LogP contribution is -2.24. The molecule has 0 bridgehead atoms. The number of benzene rings is 1. The molecular weight excluding hydrogens is 222 g/mol. The molecule has 1 aromatic carbocycles. The first-order valence-electron chi connectivity index (χ1n) is 7.15. The molecule has 1 aliphatic rings. The van der Waals surface area contributed by atoms with Crippen LogP contribution >= 0.6 is 0 Å². The van der Waals surface area contributed by atoms with Gasteiger partial charge in [0.15, 0.2) is 0 Å². The Bertz CT molecular complexity index is 402. The minimum atomic E-state index is 0.326. The molecule has 0 amide bonds. The summed E-state index contributed by atoms with van der Waals surface area (Å²) < 4.78 is 0. The molecule has 1 fully saturated rings. The molecule has 0 aliphatic carbocycles. The van der Waals surface area contributed by atoms with Crippen LogP contribution in [0.4, 0.5) is 0 Å². The Kier molecular flexibility index (Phi) is 4.28. The molecule has 2 rings (SSSR count). The second kappa shape index (κ2) is 5.75. The SMILES string of the molecule is CCCC1CCN(C(C)c2cc(C)ccc2O)C1. The molecule has 0 aromatic heterocycles. The molecule has 1 heterocycles. The van der Waals surface area contributed by atoms with Gasteiger partial charge in [0.1, 0.15) is 5.75 Å². The molecule has 2 atom stereocenters. The predicted molar refractivity (Wildman–Crippen MR) is 75.8 cm³/mol. The number of hydrogen-bond acceptors (Lipinski definition) is 2. The van der Waals surface area contributed by atoms with E-state index in [-0.39, 0.29) is 0 Å².